The van der Waals surface area contributed by atoms with Gasteiger partial charge in [-0.05, 0) is 50.2 Å². The first-order valence-electron chi connectivity index (χ1n) is 9.14. The van der Waals surface area contributed by atoms with Crippen molar-refractivity contribution in [1.29, 1.82) is 0 Å². The number of carbonyl (C=O) groups is 2. The van der Waals surface area contributed by atoms with Crippen LogP contribution in [0.1, 0.15) is 24.2 Å². The van der Waals surface area contributed by atoms with Crippen molar-refractivity contribution in [2.45, 2.75) is 24.8 Å². The molecule has 9 nitrogen and oxygen atoms in total. The highest BCUT2D eigenvalue weighted by atomic mass is 32.2. The highest BCUT2D eigenvalue weighted by Gasteiger charge is 2.20. The zero-order valence-electron chi connectivity index (χ0n) is 16.4. The monoisotopic (exact) mass is 435 g/mol. The van der Waals surface area contributed by atoms with Crippen molar-refractivity contribution in [2.75, 3.05) is 24.5 Å². The first-order valence-corrected chi connectivity index (χ1v) is 10.6. The Balaban J connectivity index is 1.63. The number of rotatable bonds is 7. The topological polar surface area (TPSA) is 117 Å². The Labute approximate surface area is 173 Å². The van der Waals surface area contributed by atoms with E-state index in [9.17, 15) is 18.0 Å². The fourth-order valence-corrected chi connectivity index (χ4v) is 3.66. The third-order valence-corrected chi connectivity index (χ3v) is 5.26. The van der Waals surface area contributed by atoms with E-state index >= 15 is 0 Å². The van der Waals surface area contributed by atoms with Crippen LogP contribution in [0.25, 0.3) is 0 Å². The van der Waals surface area contributed by atoms with Crippen LogP contribution in [-0.2, 0) is 24.3 Å². The summed E-state index contributed by atoms with van der Waals surface area (Å²) in [6.07, 6.45) is -0.308. The molecule has 0 unspecified atom stereocenters. The van der Waals surface area contributed by atoms with E-state index in [1.807, 2.05) is 0 Å². The average molecular weight is 435 g/mol. The molecule has 0 aromatic heterocycles. The molecule has 0 saturated carbocycles. The van der Waals surface area contributed by atoms with E-state index in [-0.39, 0.29) is 22.3 Å². The number of sulfonamides is 1. The van der Waals surface area contributed by atoms with Gasteiger partial charge in [0.05, 0.1) is 16.6 Å². The van der Waals surface area contributed by atoms with E-state index in [1.54, 1.807) is 13.8 Å². The van der Waals surface area contributed by atoms with Gasteiger partial charge in [-0.15, -0.1) is 0 Å². The minimum atomic E-state index is -3.88. The summed E-state index contributed by atoms with van der Waals surface area (Å²) in [5.74, 6) is -0.530. The second-order valence-corrected chi connectivity index (χ2v) is 8.29. The van der Waals surface area contributed by atoms with Gasteiger partial charge in [-0.1, -0.05) is 0 Å². The summed E-state index contributed by atoms with van der Waals surface area (Å²) in [7, 11) is -3.88. The number of nitrogens with one attached hydrogen (secondary N) is 1. The summed E-state index contributed by atoms with van der Waals surface area (Å²) in [5.41, 5.74) is 0.412. The molecule has 0 radical (unpaired) electrons. The van der Waals surface area contributed by atoms with E-state index in [2.05, 4.69) is 4.72 Å². The van der Waals surface area contributed by atoms with E-state index in [0.717, 1.165) is 0 Å². The lowest BCUT2D eigenvalue weighted by molar-refractivity contribution is -0.150. The molecular weight excluding hydrogens is 414 g/mol. The maximum atomic E-state index is 12.6. The lowest BCUT2D eigenvalue weighted by atomic mass is 10.2. The first-order chi connectivity index (χ1) is 14.2. The number of ether oxygens (including phenoxy) is 4. The number of benzene rings is 2. The normalized spacial score (nSPS) is 12.9. The summed E-state index contributed by atoms with van der Waals surface area (Å²) >= 11 is 0. The molecule has 0 bridgehead atoms. The molecule has 1 heterocycles. The van der Waals surface area contributed by atoms with Crippen LogP contribution in [-0.4, -0.2) is 46.3 Å². The zero-order valence-corrected chi connectivity index (χ0v) is 17.2. The molecule has 0 fully saturated rings. The molecule has 3 rings (SSSR count). The second kappa shape index (κ2) is 9.04. The van der Waals surface area contributed by atoms with Gasteiger partial charge < -0.3 is 18.9 Å². The van der Waals surface area contributed by atoms with Crippen molar-refractivity contribution in [3.8, 4) is 11.5 Å². The smallest absolute Gasteiger partial charge is 0.344 e. The molecule has 0 saturated heterocycles. The van der Waals surface area contributed by atoms with Crippen LogP contribution in [0.4, 0.5) is 5.69 Å². The van der Waals surface area contributed by atoms with Gasteiger partial charge in [0.2, 0.25) is 0 Å². The van der Waals surface area contributed by atoms with Crippen LogP contribution >= 0.6 is 0 Å². The number of hydrogen-bond acceptors (Lipinski definition) is 8. The Hall–Kier alpha value is -3.27. The van der Waals surface area contributed by atoms with E-state index in [0.29, 0.717) is 24.7 Å². The Morgan fingerprint density at radius 2 is 1.70 bits per heavy atom. The van der Waals surface area contributed by atoms with Crippen LogP contribution in [0.3, 0.4) is 0 Å². The van der Waals surface area contributed by atoms with E-state index in [1.165, 1.54) is 42.5 Å². The predicted octanol–water partition coefficient (Wildman–Crippen LogP) is 2.37. The quantitative estimate of drug-likeness (QED) is 0.659. The Morgan fingerprint density at radius 3 is 2.37 bits per heavy atom. The van der Waals surface area contributed by atoms with Gasteiger partial charge in [-0.2, -0.15) is 0 Å². The molecule has 10 heteroatoms. The zero-order chi connectivity index (χ0) is 21.7. The van der Waals surface area contributed by atoms with Gasteiger partial charge in [-0.3, -0.25) is 4.72 Å². The molecule has 160 valence electrons. The molecule has 1 aliphatic rings. The van der Waals surface area contributed by atoms with Crippen LogP contribution in [0.2, 0.25) is 0 Å². The summed E-state index contributed by atoms with van der Waals surface area (Å²) in [6, 6.07) is 9.94. The third kappa shape index (κ3) is 5.41. The summed E-state index contributed by atoms with van der Waals surface area (Å²) in [5, 5.41) is 0. The standard InChI is InChI=1S/C20H21NO8S/c1-13(2)29-19(22)12-28-20(23)14-3-5-15(6-4-14)21-30(24,25)16-7-8-17-18(11-16)27-10-9-26-17/h3-8,11,13,21H,9-10,12H2,1-2H3. The SMILES string of the molecule is CC(C)OC(=O)COC(=O)c1ccc(NS(=O)(=O)c2ccc3c(c2)OCCO3)cc1. The van der Waals surface area contributed by atoms with E-state index < -0.39 is 28.6 Å². The number of carbonyl (C=O) groups excluding carboxylic acids is 2. The van der Waals surface area contributed by atoms with Gasteiger partial charge in [0.1, 0.15) is 13.2 Å². The number of esters is 2. The Morgan fingerprint density at radius 1 is 1.03 bits per heavy atom. The largest absolute Gasteiger partial charge is 0.486 e. The van der Waals surface area contributed by atoms with Crippen LogP contribution in [0.5, 0.6) is 11.5 Å². The molecule has 0 spiro atoms. The number of anilines is 1. The van der Waals surface area contributed by atoms with Crippen molar-refractivity contribution in [3.05, 3.63) is 48.0 Å². The second-order valence-electron chi connectivity index (χ2n) is 6.60. The van der Waals surface area contributed by atoms with Gasteiger partial charge >= 0.3 is 11.9 Å². The Bertz CT molecular complexity index is 1030. The molecule has 2 aromatic carbocycles. The maximum absolute atomic E-state index is 12.6. The molecule has 30 heavy (non-hydrogen) atoms. The third-order valence-electron chi connectivity index (χ3n) is 3.89. The van der Waals surface area contributed by atoms with Gasteiger partial charge in [0.25, 0.3) is 10.0 Å². The van der Waals surface area contributed by atoms with E-state index in [4.69, 9.17) is 18.9 Å². The van der Waals surface area contributed by atoms with Crippen molar-refractivity contribution in [1.82, 2.24) is 0 Å². The van der Waals surface area contributed by atoms with Crippen LogP contribution < -0.4 is 14.2 Å². The minimum absolute atomic E-state index is 0.0129. The van der Waals surface area contributed by atoms with Crippen molar-refractivity contribution >= 4 is 27.6 Å². The van der Waals surface area contributed by atoms with Gasteiger partial charge in [-0.25, -0.2) is 18.0 Å². The Kier molecular flexibility index (Phi) is 6.46. The van der Waals surface area contributed by atoms with Crippen molar-refractivity contribution < 1.29 is 37.0 Å². The number of hydrogen-bond donors (Lipinski definition) is 1. The predicted molar refractivity (Wildman–Crippen MR) is 106 cm³/mol. The highest BCUT2D eigenvalue weighted by molar-refractivity contribution is 7.92. The summed E-state index contributed by atoms with van der Waals surface area (Å²) in [6.45, 7) is 3.62. The van der Waals surface area contributed by atoms with Crippen LogP contribution in [0, 0.1) is 0 Å². The lowest BCUT2D eigenvalue weighted by Crippen LogP contribution is -2.19. The molecule has 0 amide bonds. The van der Waals surface area contributed by atoms with Gasteiger partial charge in [0.15, 0.2) is 18.1 Å². The number of fused-ring (bicyclic) bond motifs is 1. The summed E-state index contributed by atoms with van der Waals surface area (Å²) in [4.78, 5) is 23.4. The average Bonchev–Trinajstić information content (AvgIpc) is 2.71. The van der Waals surface area contributed by atoms with Crippen molar-refractivity contribution in [2.24, 2.45) is 0 Å². The van der Waals surface area contributed by atoms with Gasteiger partial charge in [0, 0.05) is 11.8 Å². The highest BCUT2D eigenvalue weighted by Crippen LogP contribution is 2.32. The maximum Gasteiger partial charge on any atom is 0.344 e. The fraction of sp³-hybridized carbons (Fsp3) is 0.300. The summed E-state index contributed by atoms with van der Waals surface area (Å²) < 4.78 is 48.2. The molecule has 1 aliphatic heterocycles. The molecule has 1 N–H and O–H groups in total. The van der Waals surface area contributed by atoms with Crippen LogP contribution in [0.15, 0.2) is 47.4 Å². The van der Waals surface area contributed by atoms with Crippen molar-refractivity contribution in [3.63, 3.8) is 0 Å². The molecule has 0 atom stereocenters. The molecule has 2 aromatic rings. The molecule has 0 aliphatic carbocycles. The minimum Gasteiger partial charge on any atom is -0.486 e. The fourth-order valence-electron chi connectivity index (χ4n) is 2.58. The molecular formula is C20H21NO8S. The lowest BCUT2D eigenvalue weighted by Gasteiger charge is -2.19. The first kappa shape index (κ1) is 21.4.